The lowest BCUT2D eigenvalue weighted by atomic mass is 9.81. The molecular formula is C21H22ClN5O3. The predicted molar refractivity (Wildman–Crippen MR) is 113 cm³/mol. The molecule has 0 bridgehead atoms. The molecule has 2 heterocycles. The summed E-state index contributed by atoms with van der Waals surface area (Å²) in [5.74, 6) is -2.55. The van der Waals surface area contributed by atoms with Gasteiger partial charge < -0.3 is 21.3 Å². The molecule has 2 saturated heterocycles. The van der Waals surface area contributed by atoms with Crippen molar-refractivity contribution in [3.63, 3.8) is 0 Å². The summed E-state index contributed by atoms with van der Waals surface area (Å²) in [5, 5.41) is 15.2. The molecule has 4 rings (SSSR count). The van der Waals surface area contributed by atoms with E-state index in [2.05, 4.69) is 26.6 Å². The van der Waals surface area contributed by atoms with Crippen molar-refractivity contribution < 1.29 is 14.4 Å². The minimum atomic E-state index is -0.813. The van der Waals surface area contributed by atoms with Gasteiger partial charge in [-0.05, 0) is 36.8 Å². The number of amides is 3. The minimum Gasteiger partial charge on any atom is -0.353 e. The Labute approximate surface area is 178 Å². The first-order valence-corrected chi connectivity index (χ1v) is 10.0. The monoisotopic (exact) mass is 427 g/mol. The lowest BCUT2D eigenvalue weighted by molar-refractivity contribution is -0.144. The van der Waals surface area contributed by atoms with Gasteiger partial charge in [-0.15, -0.1) is 0 Å². The molecule has 0 spiro atoms. The maximum atomic E-state index is 13.0. The van der Waals surface area contributed by atoms with Gasteiger partial charge in [0.25, 0.3) is 0 Å². The molecule has 0 radical (unpaired) electrons. The number of benzene rings is 2. The van der Waals surface area contributed by atoms with E-state index < -0.39 is 30.2 Å². The lowest BCUT2D eigenvalue weighted by Gasteiger charge is -2.43. The second-order valence-corrected chi connectivity index (χ2v) is 7.89. The number of rotatable bonds is 4. The summed E-state index contributed by atoms with van der Waals surface area (Å²) < 4.78 is 0. The van der Waals surface area contributed by atoms with Gasteiger partial charge in [-0.2, -0.15) is 0 Å². The zero-order chi connectivity index (χ0) is 21.3. The fourth-order valence-corrected chi connectivity index (χ4v) is 3.98. The summed E-state index contributed by atoms with van der Waals surface area (Å²) in [6, 6.07) is 14.5. The second kappa shape index (κ2) is 8.33. The average molecular weight is 428 g/mol. The van der Waals surface area contributed by atoms with Crippen LogP contribution in [0.3, 0.4) is 0 Å². The fraction of sp³-hybridized carbons (Fsp3) is 0.286. The van der Waals surface area contributed by atoms with Crippen LogP contribution in [0.2, 0.25) is 5.02 Å². The first-order chi connectivity index (χ1) is 14.4. The second-order valence-electron chi connectivity index (χ2n) is 7.45. The maximum absolute atomic E-state index is 13.0. The van der Waals surface area contributed by atoms with Gasteiger partial charge in [0.05, 0.1) is 18.0 Å². The van der Waals surface area contributed by atoms with Gasteiger partial charge in [-0.3, -0.25) is 19.7 Å². The highest BCUT2D eigenvalue weighted by Crippen LogP contribution is 2.29. The highest BCUT2D eigenvalue weighted by Gasteiger charge is 2.48. The van der Waals surface area contributed by atoms with Gasteiger partial charge in [-0.1, -0.05) is 35.9 Å². The van der Waals surface area contributed by atoms with E-state index in [1.54, 1.807) is 18.2 Å². The van der Waals surface area contributed by atoms with Gasteiger partial charge in [-0.25, -0.2) is 0 Å². The summed E-state index contributed by atoms with van der Waals surface area (Å²) in [6.07, 6.45) is -1.32. The number of nitrogens with one attached hydrogen (secondary N) is 5. The van der Waals surface area contributed by atoms with Crippen LogP contribution < -0.4 is 26.6 Å². The van der Waals surface area contributed by atoms with Crippen molar-refractivity contribution in [1.29, 1.82) is 0 Å². The molecule has 3 amide bonds. The van der Waals surface area contributed by atoms with Crippen LogP contribution in [0.15, 0.2) is 48.5 Å². The number of hydrogen-bond donors (Lipinski definition) is 5. The number of hydrogen-bond acceptors (Lipinski definition) is 5. The number of carbonyl (C=O) groups is 3. The Morgan fingerprint density at radius 2 is 1.87 bits per heavy atom. The van der Waals surface area contributed by atoms with Crippen molar-refractivity contribution in [3.8, 4) is 0 Å². The third-order valence-electron chi connectivity index (χ3n) is 5.33. The molecular weight excluding hydrogens is 406 g/mol. The third kappa shape index (κ3) is 4.24. The average Bonchev–Trinajstić information content (AvgIpc) is 2.70. The molecule has 2 aliphatic rings. The smallest absolute Gasteiger partial charge is 0.229 e. The number of halogens is 1. The van der Waals surface area contributed by atoms with E-state index in [-0.39, 0.29) is 18.2 Å². The van der Waals surface area contributed by atoms with Crippen LogP contribution in [0.1, 0.15) is 12.0 Å². The van der Waals surface area contributed by atoms with Gasteiger partial charge >= 0.3 is 0 Å². The molecule has 0 saturated carbocycles. The summed E-state index contributed by atoms with van der Waals surface area (Å²) >= 11 is 6.03. The topological polar surface area (TPSA) is 111 Å². The number of carbonyl (C=O) groups excluding carboxylic acids is 3. The van der Waals surface area contributed by atoms with E-state index in [1.165, 1.54) is 0 Å². The van der Waals surface area contributed by atoms with E-state index in [4.69, 9.17) is 11.6 Å². The molecule has 4 unspecified atom stereocenters. The molecule has 2 aromatic carbocycles. The largest absolute Gasteiger partial charge is 0.353 e. The van der Waals surface area contributed by atoms with E-state index in [9.17, 15) is 14.4 Å². The highest BCUT2D eigenvalue weighted by atomic mass is 35.5. The molecule has 8 nitrogen and oxygen atoms in total. The van der Waals surface area contributed by atoms with Gasteiger partial charge in [0, 0.05) is 22.8 Å². The highest BCUT2D eigenvalue weighted by molar-refractivity contribution is 6.31. The van der Waals surface area contributed by atoms with Crippen LogP contribution in [0.4, 0.5) is 11.4 Å². The predicted octanol–water partition coefficient (Wildman–Crippen LogP) is 1.78. The van der Waals surface area contributed by atoms with Gasteiger partial charge in [0.15, 0.2) is 6.29 Å². The standard InChI is InChI=1S/C21H22ClN5O3/c1-11-7-8-12(22)9-15(11)24-19(29)14-10-16(28)25-18-17(14)20(30)27-21(26-18)23-13-5-3-2-4-6-13/h2-9,14,17-18,21,23,26H,10H2,1H3,(H,24,29)(H,25,28)(H,27,30). The fourth-order valence-electron chi connectivity index (χ4n) is 3.81. The minimum absolute atomic E-state index is 0.0709. The number of para-hydroxylation sites is 1. The Morgan fingerprint density at radius 3 is 2.63 bits per heavy atom. The SMILES string of the molecule is Cc1ccc(Cl)cc1NC(=O)C1CC(=O)NC2NC(Nc3ccccc3)NC(=O)C21. The Hall–Kier alpha value is -3.10. The zero-order valence-electron chi connectivity index (χ0n) is 16.2. The molecule has 4 atom stereocenters. The zero-order valence-corrected chi connectivity index (χ0v) is 17.0. The van der Waals surface area contributed by atoms with Crippen LogP contribution in [-0.4, -0.2) is 30.2 Å². The summed E-state index contributed by atoms with van der Waals surface area (Å²) in [6.45, 7) is 1.84. The molecule has 0 aromatic heterocycles. The lowest BCUT2D eigenvalue weighted by Crippen LogP contribution is -2.72. The molecule has 30 heavy (non-hydrogen) atoms. The van der Waals surface area contributed by atoms with Crippen LogP contribution in [0.25, 0.3) is 0 Å². The van der Waals surface area contributed by atoms with Crippen molar-refractivity contribution in [2.75, 3.05) is 10.6 Å². The van der Waals surface area contributed by atoms with Crippen LogP contribution in [0.5, 0.6) is 0 Å². The number of fused-ring (bicyclic) bond motifs is 1. The van der Waals surface area contributed by atoms with Crippen molar-refractivity contribution in [2.24, 2.45) is 11.8 Å². The number of piperidine rings is 1. The Bertz CT molecular complexity index is 984. The summed E-state index contributed by atoms with van der Waals surface area (Å²) in [5.41, 5.74) is 2.20. The van der Waals surface area contributed by atoms with E-state index in [0.717, 1.165) is 11.3 Å². The van der Waals surface area contributed by atoms with Crippen LogP contribution in [0, 0.1) is 18.8 Å². The van der Waals surface area contributed by atoms with Gasteiger partial charge in [0.1, 0.15) is 0 Å². The van der Waals surface area contributed by atoms with Crippen molar-refractivity contribution in [3.05, 3.63) is 59.1 Å². The normalized spacial score (nSPS) is 25.5. The van der Waals surface area contributed by atoms with E-state index >= 15 is 0 Å². The Kier molecular flexibility index (Phi) is 5.61. The van der Waals surface area contributed by atoms with E-state index in [1.807, 2.05) is 37.3 Å². The Morgan fingerprint density at radius 1 is 1.10 bits per heavy atom. The number of aryl methyl sites for hydroxylation is 1. The first kappa shape index (κ1) is 20.2. The van der Waals surface area contributed by atoms with Crippen LogP contribution in [-0.2, 0) is 14.4 Å². The van der Waals surface area contributed by atoms with Crippen LogP contribution >= 0.6 is 11.6 Å². The molecule has 2 aliphatic heterocycles. The molecule has 2 aromatic rings. The Balaban J connectivity index is 1.50. The van der Waals surface area contributed by atoms with Gasteiger partial charge in [0.2, 0.25) is 17.7 Å². The van der Waals surface area contributed by atoms with Crippen molar-refractivity contribution >= 4 is 40.7 Å². The molecule has 0 aliphatic carbocycles. The summed E-state index contributed by atoms with van der Waals surface area (Å²) in [7, 11) is 0. The third-order valence-corrected chi connectivity index (χ3v) is 5.56. The van der Waals surface area contributed by atoms with E-state index in [0.29, 0.717) is 10.7 Å². The number of anilines is 2. The molecule has 9 heteroatoms. The summed E-state index contributed by atoms with van der Waals surface area (Å²) in [4.78, 5) is 38.1. The molecule has 2 fully saturated rings. The molecule has 156 valence electrons. The molecule has 5 N–H and O–H groups in total. The maximum Gasteiger partial charge on any atom is 0.229 e. The van der Waals surface area contributed by atoms with Crippen molar-refractivity contribution in [1.82, 2.24) is 16.0 Å². The van der Waals surface area contributed by atoms with Crippen molar-refractivity contribution in [2.45, 2.75) is 25.8 Å². The first-order valence-electron chi connectivity index (χ1n) is 9.65. The quantitative estimate of drug-likeness (QED) is 0.510.